The molecule has 90 valence electrons. The number of hydrogen-bond donors (Lipinski definition) is 0. The van der Waals surface area contributed by atoms with Gasteiger partial charge >= 0.3 is 0 Å². The first-order valence-corrected chi connectivity index (χ1v) is 6.74. The smallest absolute Gasteiger partial charge is 0.237 e. The topological polar surface area (TPSA) is 43.4 Å². The van der Waals surface area contributed by atoms with Crippen molar-refractivity contribution >= 4 is 31.3 Å². The molecule has 0 atom stereocenters. The average molecular weight is 291 g/mol. The Hall–Kier alpha value is -0.590. The molecule has 0 amide bonds. The first-order chi connectivity index (χ1) is 7.26. The van der Waals surface area contributed by atoms with Gasteiger partial charge < -0.3 is 4.74 Å². The van der Waals surface area contributed by atoms with Crippen LogP contribution in [0, 0.1) is 11.6 Å². The van der Waals surface area contributed by atoms with Crippen molar-refractivity contribution in [3.8, 4) is 5.75 Å². The van der Waals surface area contributed by atoms with E-state index in [0.717, 1.165) is 7.11 Å². The third kappa shape index (κ3) is 2.96. The zero-order valence-electron chi connectivity index (χ0n) is 7.93. The van der Waals surface area contributed by atoms with Gasteiger partial charge in [0.1, 0.15) is 5.82 Å². The predicted octanol–water partition coefficient (Wildman–Crippen LogP) is 2.70. The molecule has 1 rings (SSSR count). The van der Waals surface area contributed by atoms with Crippen LogP contribution in [0.5, 0.6) is 5.75 Å². The fourth-order valence-corrected chi connectivity index (χ4v) is 2.29. The lowest BCUT2D eigenvalue weighted by molar-refractivity contribution is 0.378. The van der Waals surface area contributed by atoms with E-state index in [4.69, 9.17) is 22.3 Å². The monoisotopic (exact) mass is 290 g/mol. The summed E-state index contributed by atoms with van der Waals surface area (Å²) in [7, 11) is 2.00. The highest BCUT2D eigenvalue weighted by atomic mass is 35.7. The van der Waals surface area contributed by atoms with Crippen molar-refractivity contribution in [3.05, 3.63) is 28.3 Å². The molecule has 16 heavy (non-hydrogen) atoms. The standard InChI is InChI=1S/C8H6Cl2F2O3S/c1-15-8-4(3-16(10,13)14)7(12)5(9)2-6(8)11/h2H,3H2,1H3. The summed E-state index contributed by atoms with van der Waals surface area (Å²) in [6.07, 6.45) is 0. The van der Waals surface area contributed by atoms with E-state index in [-0.39, 0.29) is 0 Å². The van der Waals surface area contributed by atoms with E-state index in [1.807, 2.05) is 0 Å². The van der Waals surface area contributed by atoms with Crippen molar-refractivity contribution in [2.24, 2.45) is 0 Å². The molecule has 1 aromatic carbocycles. The highest BCUT2D eigenvalue weighted by Crippen LogP contribution is 2.32. The lowest BCUT2D eigenvalue weighted by Crippen LogP contribution is -2.04. The van der Waals surface area contributed by atoms with Gasteiger partial charge in [0, 0.05) is 10.7 Å². The lowest BCUT2D eigenvalue weighted by Gasteiger charge is -2.10. The molecule has 0 saturated heterocycles. The maximum atomic E-state index is 13.5. The van der Waals surface area contributed by atoms with Gasteiger partial charge in [0.15, 0.2) is 11.6 Å². The minimum absolute atomic E-state index is 0.522. The molecular formula is C8H6Cl2F2O3S. The van der Waals surface area contributed by atoms with E-state index in [9.17, 15) is 17.2 Å². The SMILES string of the molecule is COc1c(F)cc(Cl)c(F)c1CS(=O)(=O)Cl. The number of halogens is 4. The van der Waals surface area contributed by atoms with Crippen molar-refractivity contribution in [1.82, 2.24) is 0 Å². The van der Waals surface area contributed by atoms with Crippen LogP contribution < -0.4 is 4.74 Å². The van der Waals surface area contributed by atoms with E-state index >= 15 is 0 Å². The molecule has 8 heteroatoms. The molecule has 1 aromatic rings. The van der Waals surface area contributed by atoms with Crippen LogP contribution in [0.2, 0.25) is 5.02 Å². The van der Waals surface area contributed by atoms with Gasteiger partial charge in [-0.05, 0) is 6.07 Å². The zero-order valence-corrected chi connectivity index (χ0v) is 10.3. The van der Waals surface area contributed by atoms with Crippen molar-refractivity contribution in [3.63, 3.8) is 0 Å². The molecular weight excluding hydrogens is 285 g/mol. The average Bonchev–Trinajstić information content (AvgIpc) is 2.12. The van der Waals surface area contributed by atoms with Gasteiger partial charge in [0.05, 0.1) is 23.4 Å². The van der Waals surface area contributed by atoms with E-state index in [1.165, 1.54) is 0 Å². The van der Waals surface area contributed by atoms with Crippen molar-refractivity contribution < 1.29 is 21.9 Å². The van der Waals surface area contributed by atoms with E-state index in [1.54, 1.807) is 0 Å². The second kappa shape index (κ2) is 4.73. The number of methoxy groups -OCH3 is 1. The number of benzene rings is 1. The minimum Gasteiger partial charge on any atom is -0.493 e. The van der Waals surface area contributed by atoms with E-state index in [0.29, 0.717) is 6.07 Å². The van der Waals surface area contributed by atoms with Crippen LogP contribution in [0.1, 0.15) is 5.56 Å². The number of rotatable bonds is 3. The number of hydrogen-bond acceptors (Lipinski definition) is 3. The summed E-state index contributed by atoms with van der Waals surface area (Å²) in [6.45, 7) is 0. The Morgan fingerprint density at radius 2 is 2.00 bits per heavy atom. The quantitative estimate of drug-likeness (QED) is 0.635. The van der Waals surface area contributed by atoms with E-state index in [2.05, 4.69) is 4.74 Å². The van der Waals surface area contributed by atoms with E-state index < -0.39 is 42.8 Å². The van der Waals surface area contributed by atoms with Crippen LogP contribution >= 0.6 is 22.3 Å². The summed E-state index contributed by atoms with van der Waals surface area (Å²) in [6, 6.07) is 0.695. The molecule has 0 aliphatic carbocycles. The maximum Gasteiger partial charge on any atom is 0.237 e. The number of ether oxygens (including phenoxy) is 1. The molecule has 0 bridgehead atoms. The molecule has 0 fully saturated rings. The first-order valence-electron chi connectivity index (χ1n) is 3.89. The summed E-state index contributed by atoms with van der Waals surface area (Å²) in [5, 5.41) is -0.534. The Balaban J connectivity index is 3.45. The highest BCUT2D eigenvalue weighted by molar-refractivity contribution is 8.13. The fraction of sp³-hybridized carbons (Fsp3) is 0.250. The van der Waals surface area contributed by atoms with Crippen LogP contribution in [-0.2, 0) is 14.8 Å². The Labute approximate surface area is 100 Å². The summed E-state index contributed by atoms with van der Waals surface area (Å²) in [5.74, 6) is -3.44. The van der Waals surface area contributed by atoms with Crippen LogP contribution in [0.4, 0.5) is 8.78 Å². The molecule has 0 heterocycles. The second-order valence-corrected chi connectivity index (χ2v) is 6.03. The molecule has 0 aliphatic rings. The lowest BCUT2D eigenvalue weighted by atomic mass is 10.2. The third-order valence-electron chi connectivity index (χ3n) is 1.74. The molecule has 0 saturated carbocycles. The third-order valence-corrected chi connectivity index (χ3v) is 2.98. The van der Waals surface area contributed by atoms with Gasteiger partial charge in [-0.1, -0.05) is 11.6 Å². The summed E-state index contributed by atoms with van der Waals surface area (Å²) < 4.78 is 52.9. The van der Waals surface area contributed by atoms with Crippen LogP contribution in [-0.4, -0.2) is 15.5 Å². The second-order valence-electron chi connectivity index (χ2n) is 2.85. The largest absolute Gasteiger partial charge is 0.493 e. The Morgan fingerprint density at radius 1 is 1.44 bits per heavy atom. The summed E-state index contributed by atoms with van der Waals surface area (Å²) in [4.78, 5) is 0. The molecule has 0 aliphatic heterocycles. The van der Waals surface area contributed by atoms with Gasteiger partial charge in [0.2, 0.25) is 9.05 Å². The Bertz CT molecular complexity index is 517. The van der Waals surface area contributed by atoms with Crippen LogP contribution in [0.15, 0.2) is 6.07 Å². The molecule has 0 N–H and O–H groups in total. The highest BCUT2D eigenvalue weighted by Gasteiger charge is 2.22. The van der Waals surface area contributed by atoms with Gasteiger partial charge in [-0.25, -0.2) is 17.2 Å². The Morgan fingerprint density at radius 3 is 2.44 bits per heavy atom. The normalized spacial score (nSPS) is 11.6. The predicted molar refractivity (Wildman–Crippen MR) is 56.4 cm³/mol. The minimum atomic E-state index is -4.04. The van der Waals surface area contributed by atoms with Crippen molar-refractivity contribution in [2.75, 3.05) is 7.11 Å². The Kier molecular flexibility index (Phi) is 3.98. The summed E-state index contributed by atoms with van der Waals surface area (Å²) >= 11 is 5.37. The molecule has 3 nitrogen and oxygen atoms in total. The van der Waals surface area contributed by atoms with Crippen molar-refractivity contribution in [2.45, 2.75) is 5.75 Å². The van der Waals surface area contributed by atoms with Gasteiger partial charge in [-0.15, -0.1) is 0 Å². The van der Waals surface area contributed by atoms with Gasteiger partial charge in [0.25, 0.3) is 0 Å². The fourth-order valence-electron chi connectivity index (χ4n) is 1.15. The molecule has 0 unspecified atom stereocenters. The molecule has 0 aromatic heterocycles. The maximum absolute atomic E-state index is 13.5. The molecule has 0 radical (unpaired) electrons. The van der Waals surface area contributed by atoms with Crippen molar-refractivity contribution in [1.29, 1.82) is 0 Å². The van der Waals surface area contributed by atoms with Gasteiger partial charge in [-0.2, -0.15) is 0 Å². The summed E-state index contributed by atoms with van der Waals surface area (Å²) in [5.41, 5.74) is -0.525. The van der Waals surface area contributed by atoms with Crippen LogP contribution in [0.3, 0.4) is 0 Å². The van der Waals surface area contributed by atoms with Crippen LogP contribution in [0.25, 0.3) is 0 Å². The van der Waals surface area contributed by atoms with Gasteiger partial charge in [-0.3, -0.25) is 0 Å². The zero-order chi connectivity index (χ0) is 12.5. The molecule has 0 spiro atoms. The first kappa shape index (κ1) is 13.5.